The molecule has 1 amide bonds. The fourth-order valence-electron chi connectivity index (χ4n) is 1.92. The van der Waals surface area contributed by atoms with E-state index in [1.807, 2.05) is 13.8 Å². The number of hydrogen-bond donors (Lipinski definition) is 2. The van der Waals surface area contributed by atoms with Crippen molar-refractivity contribution in [2.45, 2.75) is 51.7 Å². The molecule has 0 saturated carbocycles. The quantitative estimate of drug-likeness (QED) is 0.647. The monoisotopic (exact) mass is 297 g/mol. The standard InChI is InChI=1S/C13H26F3N3O/c1-4-7-18-12(3,11(17)20)6-9-19(8-5-2)10-13(14,15)16/h18H,4-10H2,1-3H3,(H2,17,20). The van der Waals surface area contributed by atoms with E-state index in [-0.39, 0.29) is 13.0 Å². The number of hydrogen-bond acceptors (Lipinski definition) is 3. The first-order valence-electron chi connectivity index (χ1n) is 6.98. The Morgan fingerprint density at radius 2 is 1.80 bits per heavy atom. The van der Waals surface area contributed by atoms with Crippen molar-refractivity contribution in [3.05, 3.63) is 0 Å². The first kappa shape index (κ1) is 19.2. The highest BCUT2D eigenvalue weighted by atomic mass is 19.4. The number of nitrogens with one attached hydrogen (secondary N) is 1. The zero-order valence-corrected chi connectivity index (χ0v) is 12.5. The van der Waals surface area contributed by atoms with E-state index in [0.717, 1.165) is 6.42 Å². The Morgan fingerprint density at radius 1 is 1.20 bits per heavy atom. The molecule has 0 aliphatic rings. The lowest BCUT2D eigenvalue weighted by Crippen LogP contribution is -2.55. The van der Waals surface area contributed by atoms with Gasteiger partial charge in [-0.25, -0.2) is 0 Å². The SMILES string of the molecule is CCCNC(C)(CCN(CCC)CC(F)(F)F)C(N)=O. The molecule has 0 aromatic carbocycles. The van der Waals surface area contributed by atoms with Gasteiger partial charge in [-0.15, -0.1) is 0 Å². The molecule has 0 rings (SSSR count). The predicted octanol–water partition coefficient (Wildman–Crippen LogP) is 1.89. The van der Waals surface area contributed by atoms with E-state index >= 15 is 0 Å². The first-order chi connectivity index (χ1) is 9.14. The van der Waals surface area contributed by atoms with Gasteiger partial charge in [0.25, 0.3) is 0 Å². The molecule has 0 fully saturated rings. The van der Waals surface area contributed by atoms with Crippen LogP contribution < -0.4 is 11.1 Å². The number of primary amides is 1. The van der Waals surface area contributed by atoms with Gasteiger partial charge >= 0.3 is 6.18 Å². The molecule has 0 aliphatic carbocycles. The van der Waals surface area contributed by atoms with Crippen LogP contribution in [0.4, 0.5) is 13.2 Å². The van der Waals surface area contributed by atoms with E-state index in [1.165, 1.54) is 4.90 Å². The Balaban J connectivity index is 4.58. The van der Waals surface area contributed by atoms with Crippen LogP contribution in [0.25, 0.3) is 0 Å². The maximum Gasteiger partial charge on any atom is 0.401 e. The summed E-state index contributed by atoms with van der Waals surface area (Å²) in [5, 5.41) is 3.02. The topological polar surface area (TPSA) is 58.4 Å². The van der Waals surface area contributed by atoms with Crippen molar-refractivity contribution in [2.75, 3.05) is 26.2 Å². The van der Waals surface area contributed by atoms with Crippen LogP contribution in [0.2, 0.25) is 0 Å². The molecule has 7 heteroatoms. The summed E-state index contributed by atoms with van der Waals surface area (Å²) in [4.78, 5) is 12.8. The number of alkyl halides is 3. The Morgan fingerprint density at radius 3 is 2.20 bits per heavy atom. The van der Waals surface area contributed by atoms with E-state index in [4.69, 9.17) is 5.73 Å². The maximum absolute atomic E-state index is 12.5. The van der Waals surface area contributed by atoms with Gasteiger partial charge in [0.05, 0.1) is 12.1 Å². The van der Waals surface area contributed by atoms with Crippen molar-refractivity contribution >= 4 is 5.91 Å². The van der Waals surface area contributed by atoms with Crippen LogP contribution in [0.1, 0.15) is 40.0 Å². The molecule has 0 aromatic heterocycles. The molecule has 0 heterocycles. The Labute approximate surface area is 118 Å². The third-order valence-corrected chi connectivity index (χ3v) is 3.18. The average molecular weight is 297 g/mol. The molecule has 1 atom stereocenters. The van der Waals surface area contributed by atoms with Crippen LogP contribution in [-0.2, 0) is 4.79 Å². The van der Waals surface area contributed by atoms with Crippen LogP contribution in [0, 0.1) is 0 Å². The van der Waals surface area contributed by atoms with Crippen LogP contribution in [0.5, 0.6) is 0 Å². The molecule has 4 nitrogen and oxygen atoms in total. The number of rotatable bonds is 10. The van der Waals surface area contributed by atoms with Gasteiger partial charge in [-0.2, -0.15) is 13.2 Å². The van der Waals surface area contributed by atoms with Crippen LogP contribution in [-0.4, -0.2) is 48.7 Å². The molecule has 0 radical (unpaired) electrons. The highest BCUT2D eigenvalue weighted by Gasteiger charge is 2.34. The molecule has 0 aromatic rings. The van der Waals surface area contributed by atoms with Gasteiger partial charge in [0, 0.05) is 6.54 Å². The van der Waals surface area contributed by atoms with E-state index in [0.29, 0.717) is 19.5 Å². The van der Waals surface area contributed by atoms with Crippen molar-refractivity contribution in [2.24, 2.45) is 5.73 Å². The molecule has 1 unspecified atom stereocenters. The maximum atomic E-state index is 12.5. The van der Waals surface area contributed by atoms with Crippen molar-refractivity contribution in [3.8, 4) is 0 Å². The lowest BCUT2D eigenvalue weighted by Gasteiger charge is -2.31. The fourth-order valence-corrected chi connectivity index (χ4v) is 1.92. The fraction of sp³-hybridized carbons (Fsp3) is 0.923. The highest BCUT2D eigenvalue weighted by Crippen LogP contribution is 2.18. The highest BCUT2D eigenvalue weighted by molar-refractivity contribution is 5.84. The van der Waals surface area contributed by atoms with E-state index in [1.54, 1.807) is 6.92 Å². The Hall–Kier alpha value is -0.820. The normalized spacial score (nSPS) is 15.3. The molecular weight excluding hydrogens is 271 g/mol. The zero-order valence-electron chi connectivity index (χ0n) is 12.5. The second-order valence-corrected chi connectivity index (χ2v) is 5.26. The lowest BCUT2D eigenvalue weighted by atomic mass is 9.96. The van der Waals surface area contributed by atoms with E-state index < -0.39 is 24.2 Å². The predicted molar refractivity (Wildman–Crippen MR) is 73.3 cm³/mol. The van der Waals surface area contributed by atoms with E-state index in [2.05, 4.69) is 5.32 Å². The zero-order chi connectivity index (χ0) is 15.8. The number of halogens is 3. The third-order valence-electron chi connectivity index (χ3n) is 3.18. The van der Waals surface area contributed by atoms with Crippen molar-refractivity contribution in [1.82, 2.24) is 10.2 Å². The lowest BCUT2D eigenvalue weighted by molar-refractivity contribution is -0.146. The second-order valence-electron chi connectivity index (χ2n) is 5.26. The minimum atomic E-state index is -4.23. The number of nitrogens with two attached hydrogens (primary N) is 1. The molecule has 0 aliphatic heterocycles. The van der Waals surface area contributed by atoms with Crippen molar-refractivity contribution in [1.29, 1.82) is 0 Å². The molecule has 3 N–H and O–H groups in total. The van der Waals surface area contributed by atoms with Gasteiger partial charge in [-0.1, -0.05) is 13.8 Å². The molecule has 120 valence electrons. The van der Waals surface area contributed by atoms with Gasteiger partial charge in [-0.05, 0) is 39.3 Å². The molecule has 0 bridgehead atoms. The summed E-state index contributed by atoms with van der Waals surface area (Å²) >= 11 is 0. The third kappa shape index (κ3) is 7.69. The average Bonchev–Trinajstić information content (AvgIpc) is 2.31. The van der Waals surface area contributed by atoms with Gasteiger partial charge in [0.15, 0.2) is 0 Å². The molecule has 20 heavy (non-hydrogen) atoms. The summed E-state index contributed by atoms with van der Waals surface area (Å²) in [5.41, 5.74) is 4.39. The van der Waals surface area contributed by atoms with Crippen LogP contribution >= 0.6 is 0 Å². The van der Waals surface area contributed by atoms with Gasteiger partial charge in [0.2, 0.25) is 5.91 Å². The Bertz CT molecular complexity index is 297. The summed E-state index contributed by atoms with van der Waals surface area (Å²) in [6.07, 6.45) is -2.51. The molecular formula is C13H26F3N3O. The smallest absolute Gasteiger partial charge is 0.368 e. The van der Waals surface area contributed by atoms with Crippen LogP contribution in [0.3, 0.4) is 0 Å². The number of amides is 1. The number of carbonyl (C=O) groups excluding carboxylic acids is 1. The number of nitrogens with zero attached hydrogens (tertiary/aromatic N) is 1. The second kappa shape index (κ2) is 8.46. The summed E-state index contributed by atoms with van der Waals surface area (Å²) in [5.74, 6) is -0.533. The summed E-state index contributed by atoms with van der Waals surface area (Å²) in [6, 6.07) is 0. The summed E-state index contributed by atoms with van der Waals surface area (Å²) < 4.78 is 37.4. The molecule has 0 spiro atoms. The Kier molecular flexibility index (Phi) is 8.12. The summed E-state index contributed by atoms with van der Waals surface area (Å²) in [7, 11) is 0. The minimum Gasteiger partial charge on any atom is -0.368 e. The minimum absolute atomic E-state index is 0.184. The largest absolute Gasteiger partial charge is 0.401 e. The van der Waals surface area contributed by atoms with Gasteiger partial charge in [0.1, 0.15) is 0 Å². The van der Waals surface area contributed by atoms with Crippen LogP contribution in [0.15, 0.2) is 0 Å². The molecule has 0 saturated heterocycles. The van der Waals surface area contributed by atoms with Crippen molar-refractivity contribution < 1.29 is 18.0 Å². The number of carbonyl (C=O) groups is 1. The van der Waals surface area contributed by atoms with Crippen molar-refractivity contribution in [3.63, 3.8) is 0 Å². The summed E-state index contributed by atoms with van der Waals surface area (Å²) in [6.45, 7) is 5.59. The van der Waals surface area contributed by atoms with Gasteiger partial charge < -0.3 is 11.1 Å². The van der Waals surface area contributed by atoms with E-state index in [9.17, 15) is 18.0 Å². The first-order valence-corrected chi connectivity index (χ1v) is 6.98. The van der Waals surface area contributed by atoms with Gasteiger partial charge in [-0.3, -0.25) is 9.69 Å².